The maximum atomic E-state index is 12.6. The van der Waals surface area contributed by atoms with Crippen molar-refractivity contribution in [3.05, 3.63) is 87.7 Å². The Bertz CT molecular complexity index is 1090. The monoisotopic (exact) mass is 442 g/mol. The van der Waals surface area contributed by atoms with Crippen molar-refractivity contribution in [2.24, 2.45) is 0 Å². The smallest absolute Gasteiger partial charge is 0.268 e. The highest BCUT2D eigenvalue weighted by Gasteiger charge is 2.17. The first-order valence-corrected chi connectivity index (χ1v) is 10.0. The van der Waals surface area contributed by atoms with E-state index in [4.69, 9.17) is 27.6 Å². The number of hydrogen-bond donors (Lipinski definition) is 2. The highest BCUT2D eigenvalue weighted by atomic mass is 35.5. The Kier molecular flexibility index (Phi) is 6.98. The Morgan fingerprint density at radius 1 is 1.00 bits per heavy atom. The van der Waals surface area contributed by atoms with Crippen LogP contribution in [0.25, 0.3) is 17.4 Å². The van der Waals surface area contributed by atoms with Crippen LogP contribution in [-0.4, -0.2) is 17.9 Å². The molecule has 30 heavy (non-hydrogen) atoms. The van der Waals surface area contributed by atoms with Crippen LogP contribution in [0.5, 0.6) is 0 Å². The molecule has 1 heterocycles. The van der Waals surface area contributed by atoms with Gasteiger partial charge in [-0.25, -0.2) is 0 Å². The highest BCUT2D eigenvalue weighted by Crippen LogP contribution is 2.31. The molecule has 0 aliphatic heterocycles. The number of hydrogen-bond acceptors (Lipinski definition) is 3. The Balaban J connectivity index is 1.90. The molecule has 0 aliphatic rings. The van der Waals surface area contributed by atoms with Crippen LogP contribution in [0.2, 0.25) is 10.0 Å². The first-order valence-electron chi connectivity index (χ1n) is 9.27. The number of carbonyl (C=O) groups excluding carboxylic acids is 2. The van der Waals surface area contributed by atoms with Crippen molar-refractivity contribution < 1.29 is 14.0 Å². The molecule has 2 N–H and O–H groups in total. The van der Waals surface area contributed by atoms with Crippen LogP contribution in [0.3, 0.4) is 0 Å². The normalized spacial score (nSPS) is 11.4. The van der Waals surface area contributed by atoms with Crippen molar-refractivity contribution in [1.82, 2.24) is 10.6 Å². The number of carbonyl (C=O) groups is 2. The van der Waals surface area contributed by atoms with E-state index >= 15 is 0 Å². The van der Waals surface area contributed by atoms with Crippen LogP contribution >= 0.6 is 23.2 Å². The molecule has 0 bridgehead atoms. The van der Waals surface area contributed by atoms with Crippen LogP contribution in [0.15, 0.2) is 70.8 Å². The molecule has 154 valence electrons. The molecule has 0 unspecified atom stereocenters. The van der Waals surface area contributed by atoms with Crippen molar-refractivity contribution in [2.75, 3.05) is 0 Å². The topological polar surface area (TPSA) is 71.3 Å². The summed E-state index contributed by atoms with van der Waals surface area (Å²) in [5, 5.41) is 6.40. The van der Waals surface area contributed by atoms with Gasteiger partial charge in [0.05, 0.1) is 5.02 Å². The first-order chi connectivity index (χ1) is 14.3. The summed E-state index contributed by atoms with van der Waals surface area (Å²) in [6, 6.07) is 17.1. The Labute approximate surface area is 184 Å². The molecule has 3 aromatic rings. The maximum absolute atomic E-state index is 12.6. The van der Waals surface area contributed by atoms with Gasteiger partial charge in [-0.2, -0.15) is 0 Å². The lowest BCUT2D eigenvalue weighted by molar-refractivity contribution is -0.118. The fraction of sp³-hybridized carbons (Fsp3) is 0.130. The van der Waals surface area contributed by atoms with Gasteiger partial charge in [0, 0.05) is 28.3 Å². The molecule has 0 saturated heterocycles. The summed E-state index contributed by atoms with van der Waals surface area (Å²) in [6.07, 6.45) is 1.48. The number of nitrogens with one attached hydrogen (secondary N) is 2. The van der Waals surface area contributed by atoms with E-state index < -0.39 is 11.8 Å². The molecule has 0 saturated carbocycles. The van der Waals surface area contributed by atoms with Gasteiger partial charge in [-0.1, -0.05) is 41.4 Å². The van der Waals surface area contributed by atoms with Gasteiger partial charge in [0.25, 0.3) is 11.8 Å². The van der Waals surface area contributed by atoms with Crippen LogP contribution in [0.4, 0.5) is 0 Å². The van der Waals surface area contributed by atoms with Crippen LogP contribution in [0.1, 0.15) is 30.0 Å². The van der Waals surface area contributed by atoms with Crippen LogP contribution < -0.4 is 10.6 Å². The fourth-order valence-corrected chi connectivity index (χ4v) is 3.19. The highest BCUT2D eigenvalue weighted by molar-refractivity contribution is 6.36. The Hall–Kier alpha value is -3.02. The lowest BCUT2D eigenvalue weighted by atomic mass is 10.2. The van der Waals surface area contributed by atoms with Gasteiger partial charge in [-0.15, -0.1) is 0 Å². The van der Waals surface area contributed by atoms with Crippen molar-refractivity contribution in [3.8, 4) is 11.3 Å². The summed E-state index contributed by atoms with van der Waals surface area (Å²) in [7, 11) is 0. The van der Waals surface area contributed by atoms with Crippen LogP contribution in [0, 0.1) is 0 Å². The zero-order valence-electron chi connectivity index (χ0n) is 16.4. The van der Waals surface area contributed by atoms with Crippen molar-refractivity contribution in [3.63, 3.8) is 0 Å². The molecule has 2 amide bonds. The third kappa shape index (κ3) is 5.53. The number of rotatable bonds is 6. The zero-order chi connectivity index (χ0) is 21.7. The van der Waals surface area contributed by atoms with E-state index in [0.29, 0.717) is 32.7 Å². The number of benzene rings is 2. The van der Waals surface area contributed by atoms with E-state index in [9.17, 15) is 9.59 Å². The van der Waals surface area contributed by atoms with Gasteiger partial charge >= 0.3 is 0 Å². The van der Waals surface area contributed by atoms with Crippen LogP contribution in [-0.2, 0) is 4.79 Å². The summed E-state index contributed by atoms with van der Waals surface area (Å²) in [4.78, 5) is 25.2. The molecule has 0 fully saturated rings. The van der Waals surface area contributed by atoms with E-state index in [2.05, 4.69) is 10.6 Å². The van der Waals surface area contributed by atoms with E-state index in [1.807, 2.05) is 19.9 Å². The van der Waals surface area contributed by atoms with Crippen molar-refractivity contribution >= 4 is 41.1 Å². The number of furan rings is 1. The lowest BCUT2D eigenvalue weighted by Crippen LogP contribution is -2.38. The van der Waals surface area contributed by atoms with Gasteiger partial charge in [0.2, 0.25) is 0 Å². The number of halogens is 2. The largest absolute Gasteiger partial charge is 0.457 e. The summed E-state index contributed by atoms with van der Waals surface area (Å²) in [5.41, 5.74) is 1.18. The third-order valence-electron chi connectivity index (χ3n) is 4.06. The standard InChI is InChI=1S/C23H20Cl2N2O3/c1-14(2)26-23(29)20(27-22(28)15-6-4-3-5-7-15)13-17-9-11-21(30-17)18-10-8-16(24)12-19(18)25/h3-14H,1-2H3,(H,26,29)(H,27,28). The second-order valence-corrected chi connectivity index (χ2v) is 7.68. The second-order valence-electron chi connectivity index (χ2n) is 6.83. The summed E-state index contributed by atoms with van der Waals surface area (Å²) in [6.45, 7) is 3.67. The van der Waals surface area contributed by atoms with Gasteiger partial charge in [0.1, 0.15) is 17.2 Å². The molecule has 7 heteroatoms. The first kappa shape index (κ1) is 21.7. The molecule has 3 rings (SSSR count). The van der Waals surface area contributed by atoms with Crippen molar-refractivity contribution in [1.29, 1.82) is 0 Å². The van der Waals surface area contributed by atoms with Gasteiger partial charge < -0.3 is 15.1 Å². The van der Waals surface area contributed by atoms with E-state index in [1.165, 1.54) is 6.08 Å². The fourth-order valence-electron chi connectivity index (χ4n) is 2.69. The van der Waals surface area contributed by atoms with E-state index in [-0.39, 0.29) is 11.7 Å². The summed E-state index contributed by atoms with van der Waals surface area (Å²) in [5.74, 6) is 0.0873. The molecule has 0 aliphatic carbocycles. The lowest BCUT2D eigenvalue weighted by Gasteiger charge is -2.12. The third-order valence-corrected chi connectivity index (χ3v) is 4.61. The second kappa shape index (κ2) is 9.65. The minimum Gasteiger partial charge on any atom is -0.457 e. The Morgan fingerprint density at radius 2 is 1.73 bits per heavy atom. The molecule has 0 radical (unpaired) electrons. The predicted octanol–water partition coefficient (Wildman–Crippen LogP) is 5.55. The van der Waals surface area contributed by atoms with E-state index in [0.717, 1.165) is 0 Å². The SMILES string of the molecule is CC(C)NC(=O)C(=Cc1ccc(-c2ccc(Cl)cc2Cl)o1)NC(=O)c1ccccc1. The summed E-state index contributed by atoms with van der Waals surface area (Å²) < 4.78 is 5.83. The van der Waals surface area contributed by atoms with E-state index in [1.54, 1.807) is 54.6 Å². The van der Waals surface area contributed by atoms with Gasteiger partial charge in [-0.05, 0) is 56.3 Å². The quantitative estimate of drug-likeness (QED) is 0.491. The number of amides is 2. The van der Waals surface area contributed by atoms with Crippen molar-refractivity contribution in [2.45, 2.75) is 19.9 Å². The molecule has 1 aromatic heterocycles. The van der Waals surface area contributed by atoms with Gasteiger partial charge in [0.15, 0.2) is 0 Å². The Morgan fingerprint density at radius 3 is 2.40 bits per heavy atom. The molecule has 0 spiro atoms. The van der Waals surface area contributed by atoms with Gasteiger partial charge in [-0.3, -0.25) is 9.59 Å². The molecule has 0 atom stereocenters. The summed E-state index contributed by atoms with van der Waals surface area (Å²) >= 11 is 12.2. The molecular formula is C23H20Cl2N2O3. The predicted molar refractivity (Wildman–Crippen MR) is 119 cm³/mol. The average molecular weight is 443 g/mol. The zero-order valence-corrected chi connectivity index (χ0v) is 17.9. The maximum Gasteiger partial charge on any atom is 0.268 e. The molecule has 5 nitrogen and oxygen atoms in total. The minimum atomic E-state index is -0.420. The molecular weight excluding hydrogens is 423 g/mol. The average Bonchev–Trinajstić information content (AvgIpc) is 3.15. The molecule has 2 aromatic carbocycles. The minimum absolute atomic E-state index is 0.0701.